The van der Waals surface area contributed by atoms with E-state index in [-0.39, 0.29) is 24.6 Å². The lowest BCUT2D eigenvalue weighted by molar-refractivity contribution is -0.0559. The third kappa shape index (κ3) is 4.75. The number of rotatable bonds is 5. The standard InChI is InChI=1S/C28H40N4O3S/c1-21-7-6-8-25(22(21)2)23-9-11-24(12-10-23)28-26-19-31(13-4-5-14-32(26)27(28)20-33)36(34,35)30-17-15-29(3)16-18-30/h6-12,26-28,33H,4-5,13-20H2,1-3H3. The summed E-state index contributed by atoms with van der Waals surface area (Å²) >= 11 is 0. The van der Waals surface area contributed by atoms with Crippen molar-refractivity contribution in [1.82, 2.24) is 18.4 Å². The Hall–Kier alpha value is -1.81. The van der Waals surface area contributed by atoms with Gasteiger partial charge in [-0.2, -0.15) is 17.0 Å². The third-order valence-electron chi connectivity index (χ3n) is 8.66. The molecular formula is C28H40N4O3S. The summed E-state index contributed by atoms with van der Waals surface area (Å²) in [5.41, 5.74) is 6.18. The molecule has 3 unspecified atom stereocenters. The van der Waals surface area contributed by atoms with Crippen LogP contribution in [0.1, 0.15) is 35.4 Å². The van der Waals surface area contributed by atoms with E-state index in [1.807, 2.05) is 7.05 Å². The molecule has 3 aliphatic heterocycles. The van der Waals surface area contributed by atoms with Crippen molar-refractivity contribution in [2.45, 2.75) is 44.7 Å². The minimum atomic E-state index is -3.50. The molecule has 196 valence electrons. The van der Waals surface area contributed by atoms with Gasteiger partial charge in [-0.25, -0.2) is 0 Å². The second kappa shape index (κ2) is 10.5. The largest absolute Gasteiger partial charge is 0.395 e. The summed E-state index contributed by atoms with van der Waals surface area (Å²) in [6.07, 6.45) is 1.80. The molecule has 1 N–H and O–H groups in total. The normalized spacial score (nSPS) is 27.2. The average Bonchev–Trinajstić information content (AvgIpc) is 2.85. The van der Waals surface area contributed by atoms with Crippen molar-refractivity contribution in [2.75, 3.05) is 59.5 Å². The van der Waals surface area contributed by atoms with Gasteiger partial charge in [0.15, 0.2) is 0 Å². The van der Waals surface area contributed by atoms with E-state index in [2.05, 4.69) is 66.1 Å². The monoisotopic (exact) mass is 512 g/mol. The molecule has 0 saturated carbocycles. The molecule has 0 amide bonds. The third-order valence-corrected chi connectivity index (χ3v) is 10.7. The molecule has 3 heterocycles. The Morgan fingerprint density at radius 2 is 1.58 bits per heavy atom. The summed E-state index contributed by atoms with van der Waals surface area (Å²) in [7, 11) is -1.46. The Kier molecular flexibility index (Phi) is 7.54. The topological polar surface area (TPSA) is 67.3 Å². The molecular weight excluding hydrogens is 472 g/mol. The van der Waals surface area contributed by atoms with Crippen LogP contribution in [-0.2, 0) is 10.2 Å². The fourth-order valence-electron chi connectivity index (χ4n) is 6.25. The van der Waals surface area contributed by atoms with Gasteiger partial charge < -0.3 is 10.0 Å². The first-order valence-corrected chi connectivity index (χ1v) is 14.7. The fourth-order valence-corrected chi connectivity index (χ4v) is 7.90. The van der Waals surface area contributed by atoms with Crippen molar-refractivity contribution >= 4 is 10.2 Å². The highest BCUT2D eigenvalue weighted by atomic mass is 32.2. The molecule has 36 heavy (non-hydrogen) atoms. The van der Waals surface area contributed by atoms with Gasteiger partial charge in [0.05, 0.1) is 6.61 Å². The second-order valence-corrected chi connectivity index (χ2v) is 12.7. The van der Waals surface area contributed by atoms with Gasteiger partial charge in [0, 0.05) is 57.3 Å². The van der Waals surface area contributed by atoms with Gasteiger partial charge in [-0.3, -0.25) is 4.90 Å². The molecule has 0 aliphatic carbocycles. The summed E-state index contributed by atoms with van der Waals surface area (Å²) < 4.78 is 30.6. The van der Waals surface area contributed by atoms with E-state index in [1.54, 1.807) is 8.61 Å². The maximum Gasteiger partial charge on any atom is 0.282 e. The molecule has 0 bridgehead atoms. The molecule has 5 rings (SSSR count). The Bertz CT molecular complexity index is 1160. The molecule has 0 aromatic heterocycles. The molecule has 2 aromatic carbocycles. The van der Waals surface area contributed by atoms with Crippen LogP contribution in [0.4, 0.5) is 0 Å². The van der Waals surface area contributed by atoms with Crippen LogP contribution < -0.4 is 0 Å². The number of nitrogens with zero attached hydrogens (tertiary/aromatic N) is 4. The molecule has 3 atom stereocenters. The van der Waals surface area contributed by atoms with Crippen LogP contribution in [0.2, 0.25) is 0 Å². The molecule has 3 fully saturated rings. The number of benzene rings is 2. The Morgan fingerprint density at radius 1 is 0.889 bits per heavy atom. The van der Waals surface area contributed by atoms with Crippen LogP contribution in [0, 0.1) is 13.8 Å². The highest BCUT2D eigenvalue weighted by Crippen LogP contribution is 2.43. The molecule has 0 spiro atoms. The maximum absolute atomic E-state index is 13.6. The van der Waals surface area contributed by atoms with Crippen molar-refractivity contribution in [3.05, 3.63) is 59.2 Å². The summed E-state index contributed by atoms with van der Waals surface area (Å²) in [6.45, 7) is 8.98. The van der Waals surface area contributed by atoms with Gasteiger partial charge in [-0.15, -0.1) is 0 Å². The van der Waals surface area contributed by atoms with E-state index < -0.39 is 10.2 Å². The van der Waals surface area contributed by atoms with E-state index in [0.717, 1.165) is 32.5 Å². The first kappa shape index (κ1) is 25.8. The number of hydrogen-bond donors (Lipinski definition) is 1. The number of aliphatic hydroxyl groups is 1. The number of likely N-dealkylation sites (N-methyl/N-ethyl adjacent to an activating group) is 1. The van der Waals surface area contributed by atoms with E-state index in [9.17, 15) is 13.5 Å². The first-order chi connectivity index (χ1) is 17.3. The smallest absolute Gasteiger partial charge is 0.282 e. The Balaban J connectivity index is 1.39. The van der Waals surface area contributed by atoms with E-state index >= 15 is 0 Å². The van der Waals surface area contributed by atoms with Gasteiger partial charge in [0.25, 0.3) is 10.2 Å². The van der Waals surface area contributed by atoms with Crippen LogP contribution in [0.25, 0.3) is 11.1 Å². The number of aliphatic hydroxyl groups excluding tert-OH is 1. The lowest BCUT2D eigenvalue weighted by atomic mass is 9.74. The van der Waals surface area contributed by atoms with Crippen LogP contribution in [0.15, 0.2) is 42.5 Å². The predicted molar refractivity (Wildman–Crippen MR) is 144 cm³/mol. The van der Waals surface area contributed by atoms with Gasteiger partial charge >= 0.3 is 0 Å². The summed E-state index contributed by atoms with van der Waals surface area (Å²) in [4.78, 5) is 4.52. The van der Waals surface area contributed by atoms with E-state index in [4.69, 9.17) is 0 Å². The lowest BCUT2D eigenvalue weighted by Crippen LogP contribution is -2.68. The second-order valence-electron chi connectivity index (χ2n) is 10.7. The quantitative estimate of drug-likeness (QED) is 0.667. The van der Waals surface area contributed by atoms with Gasteiger partial charge in [-0.05, 0) is 68.1 Å². The summed E-state index contributed by atoms with van der Waals surface area (Å²) in [6, 6.07) is 15.2. The summed E-state index contributed by atoms with van der Waals surface area (Å²) in [5.74, 6) is 0.117. The summed E-state index contributed by atoms with van der Waals surface area (Å²) in [5, 5.41) is 10.3. The van der Waals surface area contributed by atoms with Crippen LogP contribution >= 0.6 is 0 Å². The predicted octanol–water partition coefficient (Wildman–Crippen LogP) is 2.69. The average molecular weight is 513 g/mol. The molecule has 3 aliphatic rings. The van der Waals surface area contributed by atoms with Crippen LogP contribution in [0.5, 0.6) is 0 Å². The number of piperazine rings is 1. The lowest BCUT2D eigenvalue weighted by Gasteiger charge is -2.57. The van der Waals surface area contributed by atoms with E-state index in [0.29, 0.717) is 26.2 Å². The zero-order valence-corrected chi connectivity index (χ0v) is 22.6. The van der Waals surface area contributed by atoms with Crippen molar-refractivity contribution in [3.8, 4) is 11.1 Å². The van der Waals surface area contributed by atoms with Gasteiger partial charge in [0.2, 0.25) is 0 Å². The molecule has 2 aromatic rings. The van der Waals surface area contributed by atoms with Crippen molar-refractivity contribution in [2.24, 2.45) is 0 Å². The fraction of sp³-hybridized carbons (Fsp3) is 0.571. The van der Waals surface area contributed by atoms with Crippen molar-refractivity contribution < 1.29 is 13.5 Å². The number of hydrogen-bond acceptors (Lipinski definition) is 5. The zero-order chi connectivity index (χ0) is 25.4. The van der Waals surface area contributed by atoms with Gasteiger partial charge in [-0.1, -0.05) is 42.5 Å². The van der Waals surface area contributed by atoms with Crippen molar-refractivity contribution in [1.29, 1.82) is 0 Å². The van der Waals surface area contributed by atoms with Gasteiger partial charge in [0.1, 0.15) is 0 Å². The first-order valence-electron chi connectivity index (χ1n) is 13.3. The Labute approximate surface area is 216 Å². The van der Waals surface area contributed by atoms with E-state index in [1.165, 1.54) is 27.8 Å². The molecule has 3 saturated heterocycles. The highest BCUT2D eigenvalue weighted by molar-refractivity contribution is 7.86. The SMILES string of the molecule is Cc1cccc(-c2ccc(C3C(CO)N4CCCCN(S(=O)(=O)N5CCN(C)CC5)CC34)cc2)c1C. The molecule has 0 radical (unpaired) electrons. The number of fused-ring (bicyclic) bond motifs is 1. The zero-order valence-electron chi connectivity index (χ0n) is 21.8. The maximum atomic E-state index is 13.6. The van der Waals surface area contributed by atoms with Crippen molar-refractivity contribution in [3.63, 3.8) is 0 Å². The molecule has 8 heteroatoms. The minimum Gasteiger partial charge on any atom is -0.395 e. The Morgan fingerprint density at radius 3 is 2.28 bits per heavy atom. The highest BCUT2D eigenvalue weighted by Gasteiger charge is 2.50. The number of aryl methyl sites for hydroxylation is 1. The minimum absolute atomic E-state index is 0.0350. The molecule has 7 nitrogen and oxygen atoms in total. The van der Waals surface area contributed by atoms with Crippen LogP contribution in [0.3, 0.4) is 0 Å². The van der Waals surface area contributed by atoms with Crippen LogP contribution in [-0.4, -0.2) is 103 Å².